The van der Waals surface area contributed by atoms with Gasteiger partial charge in [-0.3, -0.25) is 4.79 Å². The van der Waals surface area contributed by atoms with Crippen LogP contribution in [0.4, 0.5) is 4.39 Å². The van der Waals surface area contributed by atoms with Crippen molar-refractivity contribution in [3.05, 3.63) is 53.1 Å². The fourth-order valence-electron chi connectivity index (χ4n) is 1.98. The first-order valence-corrected chi connectivity index (χ1v) is 7.96. The van der Waals surface area contributed by atoms with Crippen LogP contribution in [0.2, 0.25) is 0 Å². The van der Waals surface area contributed by atoms with E-state index in [0.717, 1.165) is 17.0 Å². The fraction of sp³-hybridized carbons (Fsp3) is 0.312. The molecular weight excluding hydrogens is 301 g/mol. The number of aromatic nitrogens is 2. The lowest BCUT2D eigenvalue weighted by Crippen LogP contribution is -2.27. The summed E-state index contributed by atoms with van der Waals surface area (Å²) in [5.41, 5.74) is 2.02. The molecule has 1 amide bonds. The van der Waals surface area contributed by atoms with Gasteiger partial charge in [0.05, 0.1) is 0 Å². The van der Waals surface area contributed by atoms with E-state index in [0.29, 0.717) is 17.4 Å². The molecule has 0 fully saturated rings. The van der Waals surface area contributed by atoms with E-state index < -0.39 is 0 Å². The van der Waals surface area contributed by atoms with Gasteiger partial charge in [0.15, 0.2) is 5.16 Å². The molecule has 0 saturated carbocycles. The molecule has 116 valence electrons. The molecule has 4 nitrogen and oxygen atoms in total. The first-order chi connectivity index (χ1) is 10.5. The van der Waals surface area contributed by atoms with E-state index in [9.17, 15) is 9.18 Å². The Morgan fingerprint density at radius 3 is 2.59 bits per heavy atom. The fourth-order valence-corrected chi connectivity index (χ4v) is 2.61. The monoisotopic (exact) mass is 319 g/mol. The molecule has 2 aromatic rings. The Morgan fingerprint density at radius 2 is 1.95 bits per heavy atom. The van der Waals surface area contributed by atoms with E-state index in [2.05, 4.69) is 9.97 Å². The van der Waals surface area contributed by atoms with Gasteiger partial charge in [-0.25, -0.2) is 14.4 Å². The second kappa shape index (κ2) is 7.35. The topological polar surface area (TPSA) is 46.1 Å². The van der Waals surface area contributed by atoms with Gasteiger partial charge in [0, 0.05) is 19.3 Å². The van der Waals surface area contributed by atoms with Crippen LogP contribution in [0.3, 0.4) is 0 Å². The highest BCUT2D eigenvalue weighted by molar-refractivity contribution is 7.99. The minimum atomic E-state index is -0.287. The lowest BCUT2D eigenvalue weighted by Gasteiger charge is -2.17. The molecule has 0 aliphatic rings. The van der Waals surface area contributed by atoms with Crippen molar-refractivity contribution >= 4 is 17.7 Å². The second-order valence-electron chi connectivity index (χ2n) is 4.90. The number of nitrogens with zero attached hydrogens (tertiary/aromatic N) is 3. The quantitative estimate of drug-likeness (QED) is 0.626. The summed E-state index contributed by atoms with van der Waals surface area (Å²) in [5.74, 6) is 0.390. The van der Waals surface area contributed by atoms with Crippen molar-refractivity contribution in [2.24, 2.45) is 0 Å². The average Bonchev–Trinajstić information content (AvgIpc) is 2.48. The van der Waals surface area contributed by atoms with Crippen molar-refractivity contribution in [2.75, 3.05) is 12.8 Å². The summed E-state index contributed by atoms with van der Waals surface area (Å²) in [6.45, 7) is 4.26. The number of aryl methyl sites for hydroxylation is 1. The summed E-state index contributed by atoms with van der Waals surface area (Å²) < 4.78 is 12.9. The Balaban J connectivity index is 2.14. The number of amides is 1. The molecule has 0 saturated heterocycles. The maximum absolute atomic E-state index is 12.9. The molecule has 0 unspecified atom stereocenters. The normalized spacial score (nSPS) is 10.5. The number of hydrogen-bond donors (Lipinski definition) is 0. The molecule has 1 aromatic heterocycles. The average molecular weight is 319 g/mol. The molecular formula is C16H18FN3OS. The van der Waals surface area contributed by atoms with Crippen molar-refractivity contribution in [3.8, 4) is 0 Å². The van der Waals surface area contributed by atoms with Gasteiger partial charge in [0.2, 0.25) is 0 Å². The largest absolute Gasteiger partial charge is 0.336 e. The lowest BCUT2D eigenvalue weighted by atomic mass is 10.2. The Kier molecular flexibility index (Phi) is 5.49. The predicted molar refractivity (Wildman–Crippen MR) is 85.4 cm³/mol. The third kappa shape index (κ3) is 4.27. The van der Waals surface area contributed by atoms with Crippen LogP contribution in [0.25, 0.3) is 0 Å². The number of thioether (sulfide) groups is 1. The van der Waals surface area contributed by atoms with Crippen molar-refractivity contribution in [1.82, 2.24) is 14.9 Å². The Labute approximate surface area is 133 Å². The second-order valence-corrected chi connectivity index (χ2v) is 6.13. The van der Waals surface area contributed by atoms with E-state index in [1.54, 1.807) is 30.1 Å². The van der Waals surface area contributed by atoms with Gasteiger partial charge in [0.25, 0.3) is 5.91 Å². The van der Waals surface area contributed by atoms with Crippen LogP contribution in [0, 0.1) is 12.7 Å². The molecule has 0 spiro atoms. The first kappa shape index (κ1) is 16.4. The van der Waals surface area contributed by atoms with Crippen molar-refractivity contribution < 1.29 is 9.18 Å². The Morgan fingerprint density at radius 1 is 1.27 bits per heavy atom. The van der Waals surface area contributed by atoms with Gasteiger partial charge < -0.3 is 4.90 Å². The van der Waals surface area contributed by atoms with E-state index in [1.165, 1.54) is 23.9 Å². The number of carbonyl (C=O) groups excluding carboxylic acids is 1. The molecule has 0 bridgehead atoms. The zero-order valence-electron chi connectivity index (χ0n) is 12.8. The van der Waals surface area contributed by atoms with Gasteiger partial charge >= 0.3 is 0 Å². The number of rotatable bonds is 5. The summed E-state index contributed by atoms with van der Waals surface area (Å²) in [6, 6.07) is 7.80. The molecule has 0 atom stereocenters. The molecule has 0 N–H and O–H groups in total. The lowest BCUT2D eigenvalue weighted by molar-refractivity contribution is 0.0778. The van der Waals surface area contributed by atoms with Crippen LogP contribution in [0.15, 0.2) is 35.5 Å². The third-order valence-electron chi connectivity index (χ3n) is 3.01. The Bertz CT molecular complexity index is 661. The maximum atomic E-state index is 12.9. The van der Waals surface area contributed by atoms with Crippen molar-refractivity contribution in [3.63, 3.8) is 0 Å². The van der Waals surface area contributed by atoms with Gasteiger partial charge in [0.1, 0.15) is 11.5 Å². The van der Waals surface area contributed by atoms with E-state index >= 15 is 0 Å². The van der Waals surface area contributed by atoms with E-state index in [4.69, 9.17) is 0 Å². The number of halogens is 1. The predicted octanol–water partition coefficient (Wildman–Crippen LogP) is 3.31. The van der Waals surface area contributed by atoms with Gasteiger partial charge in [-0.15, -0.1) is 0 Å². The third-order valence-corrected chi connectivity index (χ3v) is 3.74. The summed E-state index contributed by atoms with van der Waals surface area (Å²) in [5, 5.41) is 0.612. The molecule has 1 aromatic carbocycles. The smallest absolute Gasteiger partial charge is 0.272 e. The zero-order valence-corrected chi connectivity index (χ0v) is 13.7. The standard InChI is InChI=1S/C16H18FN3OS/c1-4-22-16-18-11(2)9-14(19-16)15(21)20(3)10-12-5-7-13(17)8-6-12/h5-9H,4,10H2,1-3H3. The molecule has 2 rings (SSSR count). The molecule has 0 aliphatic heterocycles. The molecule has 0 aliphatic carbocycles. The number of hydrogen-bond acceptors (Lipinski definition) is 4. The van der Waals surface area contributed by atoms with Crippen LogP contribution < -0.4 is 0 Å². The highest BCUT2D eigenvalue weighted by atomic mass is 32.2. The van der Waals surface area contributed by atoms with Crippen LogP contribution in [0.1, 0.15) is 28.7 Å². The van der Waals surface area contributed by atoms with Crippen molar-refractivity contribution in [2.45, 2.75) is 25.5 Å². The summed E-state index contributed by atoms with van der Waals surface area (Å²) in [4.78, 5) is 22.6. The van der Waals surface area contributed by atoms with Gasteiger partial charge in [-0.05, 0) is 36.4 Å². The minimum absolute atomic E-state index is 0.173. The zero-order chi connectivity index (χ0) is 16.1. The highest BCUT2D eigenvalue weighted by Crippen LogP contribution is 2.15. The van der Waals surface area contributed by atoms with Crippen LogP contribution in [0.5, 0.6) is 0 Å². The van der Waals surface area contributed by atoms with Crippen molar-refractivity contribution in [1.29, 1.82) is 0 Å². The molecule has 22 heavy (non-hydrogen) atoms. The maximum Gasteiger partial charge on any atom is 0.272 e. The van der Waals surface area contributed by atoms with Gasteiger partial charge in [-0.2, -0.15) is 0 Å². The molecule has 6 heteroatoms. The summed E-state index contributed by atoms with van der Waals surface area (Å²) in [7, 11) is 1.70. The number of carbonyl (C=O) groups is 1. The SMILES string of the molecule is CCSc1nc(C)cc(C(=O)N(C)Cc2ccc(F)cc2)n1. The molecule has 0 radical (unpaired) electrons. The van der Waals surface area contributed by atoms with Crippen LogP contribution >= 0.6 is 11.8 Å². The first-order valence-electron chi connectivity index (χ1n) is 6.98. The molecule has 1 heterocycles. The van der Waals surface area contributed by atoms with E-state index in [-0.39, 0.29) is 11.7 Å². The number of benzene rings is 1. The van der Waals surface area contributed by atoms with Crippen LogP contribution in [-0.4, -0.2) is 33.6 Å². The van der Waals surface area contributed by atoms with Crippen LogP contribution in [-0.2, 0) is 6.54 Å². The minimum Gasteiger partial charge on any atom is -0.336 e. The summed E-state index contributed by atoms with van der Waals surface area (Å²) in [6.07, 6.45) is 0. The summed E-state index contributed by atoms with van der Waals surface area (Å²) >= 11 is 1.50. The highest BCUT2D eigenvalue weighted by Gasteiger charge is 2.15. The van der Waals surface area contributed by atoms with Gasteiger partial charge in [-0.1, -0.05) is 30.8 Å². The van der Waals surface area contributed by atoms with E-state index in [1.807, 2.05) is 13.8 Å². The Hall–Kier alpha value is -1.95.